The van der Waals surface area contributed by atoms with Crippen LogP contribution in [0.3, 0.4) is 0 Å². The van der Waals surface area contributed by atoms with Gasteiger partial charge in [0.15, 0.2) is 11.5 Å². The van der Waals surface area contributed by atoms with E-state index in [0.717, 1.165) is 16.7 Å². The fourth-order valence-electron chi connectivity index (χ4n) is 3.22. The molecule has 0 radical (unpaired) electrons. The second kappa shape index (κ2) is 7.17. The molecule has 0 amide bonds. The van der Waals surface area contributed by atoms with Gasteiger partial charge in [-0.05, 0) is 60.4 Å². The van der Waals surface area contributed by atoms with Crippen molar-refractivity contribution in [2.24, 2.45) is 0 Å². The Morgan fingerprint density at radius 2 is 1.50 bits per heavy atom. The molecule has 0 atom stereocenters. The van der Waals surface area contributed by atoms with Gasteiger partial charge in [0, 0.05) is 13.1 Å². The molecule has 1 aliphatic rings. The molecule has 0 bridgehead atoms. The minimum absolute atomic E-state index is 0.278. The van der Waals surface area contributed by atoms with Crippen LogP contribution in [0, 0.1) is 6.92 Å². The topological polar surface area (TPSA) is 65.1 Å². The molecular formula is C19H23NO5S. The highest BCUT2D eigenvalue weighted by molar-refractivity contribution is 7.89. The van der Waals surface area contributed by atoms with Crippen molar-refractivity contribution in [2.45, 2.75) is 24.8 Å². The Hall–Kier alpha value is -2.25. The number of rotatable bonds is 5. The van der Waals surface area contributed by atoms with E-state index in [1.165, 1.54) is 4.31 Å². The summed E-state index contributed by atoms with van der Waals surface area (Å²) in [6.45, 7) is 2.57. The summed E-state index contributed by atoms with van der Waals surface area (Å²) in [6.07, 6.45) is 0.629. The van der Waals surface area contributed by atoms with Gasteiger partial charge in [0.25, 0.3) is 0 Å². The van der Waals surface area contributed by atoms with E-state index in [1.54, 1.807) is 39.5 Å². The molecule has 1 heterocycles. The van der Waals surface area contributed by atoms with Gasteiger partial charge in [0.1, 0.15) is 5.75 Å². The zero-order valence-electron chi connectivity index (χ0n) is 15.4. The van der Waals surface area contributed by atoms with Crippen LogP contribution in [-0.2, 0) is 23.0 Å². The lowest BCUT2D eigenvalue weighted by atomic mass is 10.0. The fourth-order valence-corrected chi connectivity index (χ4v) is 4.73. The Morgan fingerprint density at radius 3 is 2.08 bits per heavy atom. The van der Waals surface area contributed by atoms with Crippen molar-refractivity contribution in [2.75, 3.05) is 27.9 Å². The smallest absolute Gasteiger partial charge is 0.243 e. The van der Waals surface area contributed by atoms with Gasteiger partial charge in [0.05, 0.1) is 26.2 Å². The highest BCUT2D eigenvalue weighted by Crippen LogP contribution is 2.35. The SMILES string of the molecule is COc1ccc(S(=O)(=O)N2CCc3cc(OC)c(OC)cc3C2)cc1C. The second-order valence-corrected chi connectivity index (χ2v) is 8.13. The third-order valence-corrected chi connectivity index (χ3v) is 6.53. The Bertz CT molecular complexity index is 924. The summed E-state index contributed by atoms with van der Waals surface area (Å²) < 4.78 is 43.5. The Kier molecular flexibility index (Phi) is 5.11. The largest absolute Gasteiger partial charge is 0.496 e. The van der Waals surface area contributed by atoms with E-state index in [9.17, 15) is 8.42 Å². The van der Waals surface area contributed by atoms with E-state index in [2.05, 4.69) is 0 Å². The van der Waals surface area contributed by atoms with Crippen LogP contribution in [0.4, 0.5) is 0 Å². The zero-order chi connectivity index (χ0) is 18.9. The highest BCUT2D eigenvalue weighted by atomic mass is 32.2. The maximum Gasteiger partial charge on any atom is 0.243 e. The number of methoxy groups -OCH3 is 3. The third kappa shape index (κ3) is 3.24. The first-order valence-electron chi connectivity index (χ1n) is 8.29. The van der Waals surface area contributed by atoms with Crippen molar-refractivity contribution in [1.82, 2.24) is 4.31 Å². The molecule has 2 aromatic carbocycles. The minimum Gasteiger partial charge on any atom is -0.496 e. The van der Waals surface area contributed by atoms with Gasteiger partial charge in [-0.25, -0.2) is 8.42 Å². The first-order chi connectivity index (χ1) is 12.4. The summed E-state index contributed by atoms with van der Waals surface area (Å²) >= 11 is 0. The van der Waals surface area contributed by atoms with Crippen LogP contribution in [0.15, 0.2) is 35.2 Å². The summed E-state index contributed by atoms with van der Waals surface area (Å²) in [5, 5.41) is 0. The Labute approximate surface area is 154 Å². The van der Waals surface area contributed by atoms with Crippen LogP contribution >= 0.6 is 0 Å². The molecule has 6 nitrogen and oxygen atoms in total. The minimum atomic E-state index is -3.58. The zero-order valence-corrected chi connectivity index (χ0v) is 16.2. The maximum absolute atomic E-state index is 13.1. The number of aryl methyl sites for hydroxylation is 1. The van der Waals surface area contributed by atoms with Crippen LogP contribution in [0.5, 0.6) is 17.2 Å². The average molecular weight is 377 g/mol. The summed E-state index contributed by atoms with van der Waals surface area (Å²) in [7, 11) is 1.15. The first-order valence-corrected chi connectivity index (χ1v) is 9.73. The Morgan fingerprint density at radius 1 is 0.885 bits per heavy atom. The van der Waals surface area contributed by atoms with Crippen LogP contribution in [-0.4, -0.2) is 40.6 Å². The molecule has 140 valence electrons. The summed E-state index contributed by atoms with van der Waals surface area (Å²) in [5.74, 6) is 1.93. The number of benzene rings is 2. The number of hydrogen-bond donors (Lipinski definition) is 0. The molecule has 0 spiro atoms. The van der Waals surface area contributed by atoms with E-state index >= 15 is 0 Å². The van der Waals surface area contributed by atoms with Crippen molar-refractivity contribution in [1.29, 1.82) is 0 Å². The molecule has 7 heteroatoms. The van der Waals surface area contributed by atoms with E-state index in [0.29, 0.717) is 36.8 Å². The molecule has 3 rings (SSSR count). The third-order valence-electron chi connectivity index (χ3n) is 4.69. The maximum atomic E-state index is 13.1. The summed E-state index contributed by atoms with van der Waals surface area (Å²) in [4.78, 5) is 0.278. The monoisotopic (exact) mass is 377 g/mol. The quantitative estimate of drug-likeness (QED) is 0.802. The van der Waals surface area contributed by atoms with Crippen LogP contribution in [0.2, 0.25) is 0 Å². The van der Waals surface area contributed by atoms with E-state index in [-0.39, 0.29) is 4.90 Å². The van der Waals surface area contributed by atoms with Crippen molar-refractivity contribution in [3.05, 3.63) is 47.0 Å². The number of nitrogens with zero attached hydrogens (tertiary/aromatic N) is 1. The molecule has 2 aromatic rings. The van der Waals surface area contributed by atoms with E-state index < -0.39 is 10.0 Å². The highest BCUT2D eigenvalue weighted by Gasteiger charge is 2.29. The first kappa shape index (κ1) is 18.5. The Balaban J connectivity index is 1.93. The second-order valence-electron chi connectivity index (χ2n) is 6.20. The number of hydrogen-bond acceptors (Lipinski definition) is 5. The van der Waals surface area contributed by atoms with Crippen LogP contribution < -0.4 is 14.2 Å². The molecule has 0 saturated carbocycles. The predicted molar refractivity (Wildman–Crippen MR) is 98.6 cm³/mol. The van der Waals surface area contributed by atoms with Crippen LogP contribution in [0.1, 0.15) is 16.7 Å². The standard InChI is InChI=1S/C19H23NO5S/c1-13-9-16(5-6-17(13)23-2)26(21,22)20-8-7-14-10-18(24-3)19(25-4)11-15(14)12-20/h5-6,9-11H,7-8,12H2,1-4H3. The van der Waals surface area contributed by atoms with Gasteiger partial charge in [-0.1, -0.05) is 0 Å². The van der Waals surface area contributed by atoms with Crippen molar-refractivity contribution in [3.63, 3.8) is 0 Å². The van der Waals surface area contributed by atoms with Gasteiger partial charge in [0.2, 0.25) is 10.0 Å². The molecule has 0 fully saturated rings. The van der Waals surface area contributed by atoms with E-state index in [1.807, 2.05) is 19.1 Å². The molecule has 1 aliphatic heterocycles. The molecule has 0 aliphatic carbocycles. The summed E-state index contributed by atoms with van der Waals surface area (Å²) in [5.41, 5.74) is 2.81. The molecule has 26 heavy (non-hydrogen) atoms. The molecule has 0 N–H and O–H groups in total. The van der Waals surface area contributed by atoms with Gasteiger partial charge < -0.3 is 14.2 Å². The van der Waals surface area contributed by atoms with Crippen molar-refractivity contribution < 1.29 is 22.6 Å². The molecule has 0 aromatic heterocycles. The van der Waals surface area contributed by atoms with Gasteiger partial charge in [-0.3, -0.25) is 0 Å². The van der Waals surface area contributed by atoms with Crippen LogP contribution in [0.25, 0.3) is 0 Å². The lowest BCUT2D eigenvalue weighted by Crippen LogP contribution is -2.36. The number of sulfonamides is 1. The lowest BCUT2D eigenvalue weighted by molar-refractivity contribution is 0.348. The van der Waals surface area contributed by atoms with Gasteiger partial charge >= 0.3 is 0 Å². The number of ether oxygens (including phenoxy) is 3. The van der Waals surface area contributed by atoms with E-state index in [4.69, 9.17) is 14.2 Å². The summed E-state index contributed by atoms with van der Waals surface area (Å²) in [6, 6.07) is 8.71. The normalized spacial score (nSPS) is 14.6. The van der Waals surface area contributed by atoms with Crippen molar-refractivity contribution in [3.8, 4) is 17.2 Å². The van der Waals surface area contributed by atoms with Gasteiger partial charge in [-0.2, -0.15) is 4.31 Å². The number of fused-ring (bicyclic) bond motifs is 1. The molecule has 0 saturated heterocycles. The van der Waals surface area contributed by atoms with Gasteiger partial charge in [-0.15, -0.1) is 0 Å². The molecular weight excluding hydrogens is 354 g/mol. The lowest BCUT2D eigenvalue weighted by Gasteiger charge is -2.29. The fraction of sp³-hybridized carbons (Fsp3) is 0.368. The van der Waals surface area contributed by atoms with Crippen molar-refractivity contribution >= 4 is 10.0 Å². The predicted octanol–water partition coefficient (Wildman–Crippen LogP) is 2.77. The average Bonchev–Trinajstić information content (AvgIpc) is 2.66. The molecule has 0 unspecified atom stereocenters.